The lowest BCUT2D eigenvalue weighted by Gasteiger charge is -2.04. The van der Waals surface area contributed by atoms with Gasteiger partial charge in [0.25, 0.3) is 0 Å². The van der Waals surface area contributed by atoms with Crippen LogP contribution in [-0.4, -0.2) is 4.98 Å². The van der Waals surface area contributed by atoms with Gasteiger partial charge in [-0.1, -0.05) is 174 Å². The van der Waals surface area contributed by atoms with E-state index in [4.69, 9.17) is 0 Å². The maximum atomic E-state index is 3.22. The van der Waals surface area contributed by atoms with Crippen LogP contribution < -0.4 is 0 Å². The van der Waals surface area contributed by atoms with Crippen LogP contribution >= 0.6 is 0 Å². The van der Waals surface area contributed by atoms with Gasteiger partial charge in [-0.2, -0.15) is 0 Å². The smallest absolute Gasteiger partial charge is 0.0377 e. The summed E-state index contributed by atoms with van der Waals surface area (Å²) in [6, 6.07) is 4.18. The van der Waals surface area contributed by atoms with Gasteiger partial charge in [-0.25, -0.2) is 0 Å². The number of allylic oxidation sites excluding steroid dienone is 1. The molecule has 0 bridgehead atoms. The van der Waals surface area contributed by atoms with Crippen LogP contribution in [0.2, 0.25) is 0 Å². The Hall–Kier alpha value is -0.980. The normalized spacial score (nSPS) is 11.7. The van der Waals surface area contributed by atoms with E-state index in [0.29, 0.717) is 0 Å². The minimum Gasteiger partial charge on any atom is -0.362 e. The fourth-order valence-electron chi connectivity index (χ4n) is 5.24. The molecule has 0 unspecified atom stereocenters. The molecule has 1 heteroatoms. The fourth-order valence-corrected chi connectivity index (χ4v) is 5.24. The standard InChI is InChI=1S/C34H63N/c1-2-3-4-5-6-7-8-9-10-11-12-13-14-15-16-17-18-19-20-21-22-23-24-25-26-27-28-29-31-34-32-30-33-35-34/h29-33,35H,2-28H2,1H3. The van der Waals surface area contributed by atoms with Gasteiger partial charge in [0.2, 0.25) is 0 Å². The Balaban J connectivity index is 1.63. The summed E-state index contributed by atoms with van der Waals surface area (Å²) in [4.78, 5) is 3.22. The molecule has 0 saturated heterocycles. The van der Waals surface area contributed by atoms with Crippen LogP contribution in [0.3, 0.4) is 0 Å². The SMILES string of the molecule is CCCCCCCCCCCCCCCCCCCCCCCCCCCCC=Cc1ccc[nH]1. The van der Waals surface area contributed by atoms with E-state index < -0.39 is 0 Å². The van der Waals surface area contributed by atoms with Crippen LogP contribution in [0.25, 0.3) is 6.08 Å². The van der Waals surface area contributed by atoms with Crippen molar-refractivity contribution in [3.63, 3.8) is 0 Å². The van der Waals surface area contributed by atoms with Gasteiger partial charge in [-0.3, -0.25) is 0 Å². The molecule has 0 atom stereocenters. The third kappa shape index (κ3) is 24.5. The topological polar surface area (TPSA) is 15.8 Å². The van der Waals surface area contributed by atoms with Crippen molar-refractivity contribution in [2.75, 3.05) is 0 Å². The molecular formula is C34H63N. The zero-order valence-electron chi connectivity index (χ0n) is 24.0. The van der Waals surface area contributed by atoms with Gasteiger partial charge < -0.3 is 4.98 Å². The van der Waals surface area contributed by atoms with Crippen molar-refractivity contribution in [3.8, 4) is 0 Å². The van der Waals surface area contributed by atoms with Crippen LogP contribution in [0.1, 0.15) is 186 Å². The van der Waals surface area contributed by atoms with Crippen LogP contribution in [0.15, 0.2) is 24.4 Å². The first kappa shape index (κ1) is 32.0. The highest BCUT2D eigenvalue weighted by molar-refractivity contribution is 5.43. The highest BCUT2D eigenvalue weighted by Gasteiger charge is 1.96. The van der Waals surface area contributed by atoms with Crippen molar-refractivity contribution in [3.05, 3.63) is 30.1 Å². The minimum absolute atomic E-state index is 1.22. The Morgan fingerprint density at radius 1 is 0.486 bits per heavy atom. The lowest BCUT2D eigenvalue weighted by Crippen LogP contribution is -1.84. The molecule has 0 aliphatic rings. The van der Waals surface area contributed by atoms with Gasteiger partial charge in [-0.15, -0.1) is 0 Å². The molecule has 0 aliphatic heterocycles. The third-order valence-corrected chi connectivity index (χ3v) is 7.64. The van der Waals surface area contributed by atoms with E-state index in [9.17, 15) is 0 Å². The molecule has 1 heterocycles. The summed E-state index contributed by atoms with van der Waals surface area (Å²) < 4.78 is 0. The quantitative estimate of drug-likeness (QED) is 0.114. The molecule has 1 rings (SSSR count). The first-order valence-corrected chi connectivity index (χ1v) is 16.2. The van der Waals surface area contributed by atoms with Gasteiger partial charge in [0, 0.05) is 11.9 Å². The first-order valence-electron chi connectivity index (χ1n) is 16.2. The highest BCUT2D eigenvalue weighted by atomic mass is 14.7. The Kier molecular flexibility index (Phi) is 25.3. The number of aromatic amines is 1. The summed E-state index contributed by atoms with van der Waals surface area (Å²) in [6.07, 6.45) is 45.7. The lowest BCUT2D eigenvalue weighted by atomic mass is 10.0. The van der Waals surface area contributed by atoms with Gasteiger partial charge in [0.05, 0.1) is 0 Å². The Morgan fingerprint density at radius 2 is 0.829 bits per heavy atom. The van der Waals surface area contributed by atoms with E-state index in [0.717, 1.165) is 0 Å². The molecule has 0 saturated carbocycles. The van der Waals surface area contributed by atoms with Gasteiger partial charge >= 0.3 is 0 Å². The van der Waals surface area contributed by atoms with Crippen LogP contribution in [0.5, 0.6) is 0 Å². The van der Waals surface area contributed by atoms with Crippen molar-refractivity contribution >= 4 is 6.08 Å². The van der Waals surface area contributed by atoms with Gasteiger partial charge in [0.15, 0.2) is 0 Å². The molecule has 1 N–H and O–H groups in total. The number of aromatic nitrogens is 1. The Bertz CT molecular complexity index is 515. The first-order chi connectivity index (χ1) is 17.4. The van der Waals surface area contributed by atoms with Crippen LogP contribution in [0.4, 0.5) is 0 Å². The third-order valence-electron chi connectivity index (χ3n) is 7.64. The second-order valence-corrected chi connectivity index (χ2v) is 11.2. The Labute approximate surface area is 221 Å². The molecule has 1 nitrogen and oxygen atoms in total. The van der Waals surface area contributed by atoms with E-state index in [-0.39, 0.29) is 0 Å². The van der Waals surface area contributed by atoms with E-state index in [1.54, 1.807) is 0 Å². The van der Waals surface area contributed by atoms with Crippen molar-refractivity contribution < 1.29 is 0 Å². The molecule has 0 amide bonds. The summed E-state index contributed by atoms with van der Waals surface area (Å²) in [6.45, 7) is 2.30. The zero-order chi connectivity index (χ0) is 24.9. The summed E-state index contributed by atoms with van der Waals surface area (Å²) in [5.41, 5.74) is 1.22. The number of hydrogen-bond donors (Lipinski definition) is 1. The maximum Gasteiger partial charge on any atom is 0.0377 e. The minimum atomic E-state index is 1.22. The van der Waals surface area contributed by atoms with E-state index in [1.165, 1.54) is 179 Å². The monoisotopic (exact) mass is 485 g/mol. The Morgan fingerprint density at radius 3 is 1.14 bits per heavy atom. The molecule has 0 aliphatic carbocycles. The summed E-state index contributed by atoms with van der Waals surface area (Å²) in [5, 5.41) is 0. The number of unbranched alkanes of at least 4 members (excludes halogenated alkanes) is 26. The molecule has 0 spiro atoms. The maximum absolute atomic E-state index is 3.22. The van der Waals surface area contributed by atoms with Crippen molar-refractivity contribution in [2.45, 2.75) is 180 Å². The largest absolute Gasteiger partial charge is 0.362 e. The number of H-pyrrole nitrogens is 1. The second kappa shape index (κ2) is 27.6. The summed E-state index contributed by atoms with van der Waals surface area (Å²) in [7, 11) is 0. The predicted molar refractivity (Wildman–Crippen MR) is 160 cm³/mol. The van der Waals surface area contributed by atoms with Crippen molar-refractivity contribution in [1.82, 2.24) is 4.98 Å². The summed E-state index contributed by atoms with van der Waals surface area (Å²) in [5.74, 6) is 0. The van der Waals surface area contributed by atoms with E-state index in [2.05, 4.69) is 36.2 Å². The molecule has 0 aromatic carbocycles. The van der Waals surface area contributed by atoms with E-state index in [1.807, 2.05) is 6.20 Å². The average Bonchev–Trinajstić information content (AvgIpc) is 3.39. The van der Waals surface area contributed by atoms with Gasteiger partial charge in [0.1, 0.15) is 0 Å². The van der Waals surface area contributed by atoms with Crippen LogP contribution in [0, 0.1) is 0 Å². The van der Waals surface area contributed by atoms with E-state index >= 15 is 0 Å². The molecule has 0 fully saturated rings. The molecular weight excluding hydrogens is 422 g/mol. The summed E-state index contributed by atoms with van der Waals surface area (Å²) >= 11 is 0. The molecule has 1 aromatic heterocycles. The number of nitrogens with one attached hydrogen (secondary N) is 1. The number of hydrogen-bond acceptors (Lipinski definition) is 0. The zero-order valence-corrected chi connectivity index (χ0v) is 24.0. The molecule has 204 valence electrons. The fraction of sp³-hybridized carbons (Fsp3) is 0.824. The lowest BCUT2D eigenvalue weighted by molar-refractivity contribution is 0.515. The van der Waals surface area contributed by atoms with Gasteiger partial charge in [-0.05, 0) is 31.1 Å². The van der Waals surface area contributed by atoms with Crippen LogP contribution in [-0.2, 0) is 0 Å². The predicted octanol–water partition coefficient (Wildman–Crippen LogP) is 12.6. The van der Waals surface area contributed by atoms with Crippen molar-refractivity contribution in [1.29, 1.82) is 0 Å². The average molecular weight is 486 g/mol. The highest BCUT2D eigenvalue weighted by Crippen LogP contribution is 2.16. The molecule has 35 heavy (non-hydrogen) atoms. The number of rotatable bonds is 28. The second-order valence-electron chi connectivity index (χ2n) is 11.2. The molecule has 1 aromatic rings. The van der Waals surface area contributed by atoms with Crippen molar-refractivity contribution in [2.24, 2.45) is 0 Å². The molecule has 0 radical (unpaired) electrons.